The molecule has 0 aliphatic carbocycles. The van der Waals surface area contributed by atoms with Gasteiger partial charge in [-0.1, -0.05) is 18.2 Å². The van der Waals surface area contributed by atoms with Crippen LogP contribution in [0.2, 0.25) is 0 Å². The van der Waals surface area contributed by atoms with Gasteiger partial charge >= 0.3 is 0 Å². The summed E-state index contributed by atoms with van der Waals surface area (Å²) in [6.45, 7) is 6.94. The summed E-state index contributed by atoms with van der Waals surface area (Å²) < 4.78 is 19.4. The summed E-state index contributed by atoms with van der Waals surface area (Å²) in [5, 5.41) is 0. The van der Waals surface area contributed by atoms with Gasteiger partial charge in [-0.25, -0.2) is 4.39 Å². The molecule has 1 heterocycles. The number of carbonyl (C=O) groups is 1. The van der Waals surface area contributed by atoms with Gasteiger partial charge in [-0.3, -0.25) is 4.79 Å². The van der Waals surface area contributed by atoms with Crippen molar-refractivity contribution < 1.29 is 13.9 Å². The van der Waals surface area contributed by atoms with Crippen molar-refractivity contribution >= 4 is 11.6 Å². The van der Waals surface area contributed by atoms with Crippen LogP contribution in [0.5, 0.6) is 5.75 Å². The molecular weight excluding hydrogens is 319 g/mol. The molecule has 0 radical (unpaired) electrons. The monoisotopic (exact) mass is 342 g/mol. The third-order valence-electron chi connectivity index (χ3n) is 4.49. The lowest BCUT2D eigenvalue weighted by Crippen LogP contribution is -2.48. The fourth-order valence-electron chi connectivity index (χ4n) is 3.05. The van der Waals surface area contributed by atoms with Gasteiger partial charge in [0.25, 0.3) is 5.91 Å². The fraction of sp³-hybridized carbons (Fsp3) is 0.350. The maximum absolute atomic E-state index is 13.7. The van der Waals surface area contributed by atoms with Gasteiger partial charge in [0.15, 0.2) is 0 Å². The molecule has 3 rings (SSSR count). The van der Waals surface area contributed by atoms with Crippen LogP contribution in [0.3, 0.4) is 0 Å². The summed E-state index contributed by atoms with van der Waals surface area (Å²) in [6, 6.07) is 12.6. The quantitative estimate of drug-likeness (QED) is 0.853. The molecular formula is C20H23FN2O2. The van der Waals surface area contributed by atoms with Gasteiger partial charge in [-0.2, -0.15) is 0 Å². The van der Waals surface area contributed by atoms with Crippen LogP contribution in [0.15, 0.2) is 42.5 Å². The Balaban J connectivity index is 1.67. The summed E-state index contributed by atoms with van der Waals surface area (Å²) in [7, 11) is 0. The Morgan fingerprint density at radius 3 is 2.52 bits per heavy atom. The number of ether oxygens (including phenoxy) is 1. The molecule has 25 heavy (non-hydrogen) atoms. The highest BCUT2D eigenvalue weighted by atomic mass is 19.1. The van der Waals surface area contributed by atoms with Crippen molar-refractivity contribution in [1.82, 2.24) is 4.90 Å². The Morgan fingerprint density at radius 2 is 1.84 bits per heavy atom. The molecule has 4 nitrogen and oxygen atoms in total. The first-order chi connectivity index (χ1) is 12.1. The molecule has 1 fully saturated rings. The highest BCUT2D eigenvalue weighted by Crippen LogP contribution is 2.29. The maximum Gasteiger partial charge on any atom is 0.254 e. The van der Waals surface area contributed by atoms with Crippen LogP contribution < -0.4 is 9.64 Å². The predicted molar refractivity (Wildman–Crippen MR) is 96.9 cm³/mol. The number of anilines is 1. The van der Waals surface area contributed by atoms with E-state index in [1.807, 2.05) is 31.2 Å². The lowest BCUT2D eigenvalue weighted by Gasteiger charge is -2.36. The average Bonchev–Trinajstić information content (AvgIpc) is 2.64. The van der Waals surface area contributed by atoms with Gasteiger partial charge < -0.3 is 14.5 Å². The molecule has 0 saturated carbocycles. The van der Waals surface area contributed by atoms with E-state index in [0.29, 0.717) is 30.8 Å². The number of aryl methyl sites for hydroxylation is 1. The molecule has 1 amide bonds. The highest BCUT2D eigenvalue weighted by Gasteiger charge is 2.24. The number of benzene rings is 2. The summed E-state index contributed by atoms with van der Waals surface area (Å²) in [5.74, 6) is 0.414. The minimum absolute atomic E-state index is 0.114. The smallest absolute Gasteiger partial charge is 0.254 e. The molecule has 132 valence electrons. The minimum atomic E-state index is -0.338. The zero-order valence-corrected chi connectivity index (χ0v) is 14.7. The van der Waals surface area contributed by atoms with Crippen LogP contribution in [0.4, 0.5) is 10.1 Å². The first-order valence-electron chi connectivity index (χ1n) is 8.62. The Hall–Kier alpha value is -2.56. The normalized spacial score (nSPS) is 14.5. The second-order valence-corrected chi connectivity index (χ2v) is 6.14. The van der Waals surface area contributed by atoms with Gasteiger partial charge in [0.2, 0.25) is 0 Å². The molecule has 0 atom stereocenters. The number of piperazine rings is 1. The standard InChI is InChI=1S/C20H23FN2O2/c1-3-25-19-7-5-4-6-18(19)22-10-12-23(13-11-22)20(24)16-9-8-15(2)17(21)14-16/h4-9,14H,3,10-13H2,1-2H3. The summed E-state index contributed by atoms with van der Waals surface area (Å²) >= 11 is 0. The number of rotatable bonds is 4. The zero-order chi connectivity index (χ0) is 17.8. The van der Waals surface area contributed by atoms with E-state index in [0.717, 1.165) is 24.5 Å². The fourth-order valence-corrected chi connectivity index (χ4v) is 3.05. The lowest BCUT2D eigenvalue weighted by molar-refractivity contribution is 0.0746. The first kappa shape index (κ1) is 17.3. The number of para-hydroxylation sites is 2. The number of carbonyl (C=O) groups excluding carboxylic acids is 1. The van der Waals surface area contributed by atoms with E-state index in [4.69, 9.17) is 4.74 Å². The van der Waals surface area contributed by atoms with Gasteiger partial charge in [-0.05, 0) is 43.7 Å². The van der Waals surface area contributed by atoms with E-state index in [1.54, 1.807) is 24.0 Å². The minimum Gasteiger partial charge on any atom is -0.492 e. The highest BCUT2D eigenvalue weighted by molar-refractivity contribution is 5.94. The number of hydrogen-bond acceptors (Lipinski definition) is 3. The number of nitrogens with zero attached hydrogens (tertiary/aromatic N) is 2. The van der Waals surface area contributed by atoms with Gasteiger partial charge in [0.1, 0.15) is 11.6 Å². The van der Waals surface area contributed by atoms with Crippen LogP contribution in [-0.2, 0) is 0 Å². The third-order valence-corrected chi connectivity index (χ3v) is 4.49. The van der Waals surface area contributed by atoms with Crippen molar-refractivity contribution in [2.45, 2.75) is 13.8 Å². The van der Waals surface area contributed by atoms with Crippen LogP contribution in [0.25, 0.3) is 0 Å². The molecule has 2 aromatic carbocycles. The Morgan fingerprint density at radius 1 is 1.12 bits per heavy atom. The second kappa shape index (κ2) is 7.55. The average molecular weight is 342 g/mol. The first-order valence-corrected chi connectivity index (χ1v) is 8.62. The molecule has 1 saturated heterocycles. The van der Waals surface area contributed by atoms with Crippen molar-refractivity contribution in [3.63, 3.8) is 0 Å². The number of hydrogen-bond donors (Lipinski definition) is 0. The maximum atomic E-state index is 13.7. The van der Waals surface area contributed by atoms with Crippen LogP contribution >= 0.6 is 0 Å². The molecule has 1 aliphatic heterocycles. The molecule has 5 heteroatoms. The topological polar surface area (TPSA) is 32.8 Å². The van der Waals surface area contributed by atoms with Gasteiger partial charge in [0.05, 0.1) is 12.3 Å². The lowest BCUT2D eigenvalue weighted by atomic mass is 10.1. The molecule has 2 aromatic rings. The number of amides is 1. The van der Waals surface area contributed by atoms with Crippen LogP contribution in [-0.4, -0.2) is 43.6 Å². The largest absolute Gasteiger partial charge is 0.492 e. The molecule has 0 N–H and O–H groups in total. The third kappa shape index (κ3) is 3.76. The van der Waals surface area contributed by atoms with Crippen molar-refractivity contribution in [3.05, 3.63) is 59.4 Å². The molecule has 0 spiro atoms. The van der Waals surface area contributed by atoms with Crippen molar-refractivity contribution in [2.75, 3.05) is 37.7 Å². The Bertz CT molecular complexity index is 755. The van der Waals surface area contributed by atoms with E-state index >= 15 is 0 Å². The van der Waals surface area contributed by atoms with E-state index < -0.39 is 0 Å². The SMILES string of the molecule is CCOc1ccccc1N1CCN(C(=O)c2ccc(C)c(F)c2)CC1. The van der Waals surface area contributed by atoms with Crippen LogP contribution in [0, 0.1) is 12.7 Å². The van der Waals surface area contributed by atoms with E-state index in [2.05, 4.69) is 4.90 Å². The van der Waals surface area contributed by atoms with E-state index in [-0.39, 0.29) is 11.7 Å². The Labute approximate surface area is 147 Å². The summed E-state index contributed by atoms with van der Waals surface area (Å²) in [6.07, 6.45) is 0. The summed E-state index contributed by atoms with van der Waals surface area (Å²) in [4.78, 5) is 16.6. The molecule has 0 bridgehead atoms. The number of halogens is 1. The van der Waals surface area contributed by atoms with Crippen LogP contribution in [0.1, 0.15) is 22.8 Å². The Kier molecular flexibility index (Phi) is 5.22. The second-order valence-electron chi connectivity index (χ2n) is 6.14. The van der Waals surface area contributed by atoms with Crippen molar-refractivity contribution in [1.29, 1.82) is 0 Å². The molecule has 0 aromatic heterocycles. The van der Waals surface area contributed by atoms with E-state index in [1.165, 1.54) is 6.07 Å². The van der Waals surface area contributed by atoms with Gasteiger partial charge in [-0.15, -0.1) is 0 Å². The van der Waals surface area contributed by atoms with Crippen molar-refractivity contribution in [3.8, 4) is 5.75 Å². The predicted octanol–water partition coefficient (Wildman–Crippen LogP) is 3.50. The zero-order valence-electron chi connectivity index (χ0n) is 14.7. The van der Waals surface area contributed by atoms with E-state index in [9.17, 15) is 9.18 Å². The van der Waals surface area contributed by atoms with Crippen molar-refractivity contribution in [2.24, 2.45) is 0 Å². The van der Waals surface area contributed by atoms with Gasteiger partial charge in [0, 0.05) is 31.7 Å². The molecule has 0 unspecified atom stereocenters. The molecule has 1 aliphatic rings. The summed E-state index contributed by atoms with van der Waals surface area (Å²) in [5.41, 5.74) is 2.01.